The number of ketones is 1. The van der Waals surface area contributed by atoms with Crippen molar-refractivity contribution in [1.29, 1.82) is 0 Å². The molecule has 1 aromatic rings. The number of carboxylic acid groups (broad SMARTS) is 1. The molecule has 13 heteroatoms. The van der Waals surface area contributed by atoms with Crippen LogP contribution in [0.5, 0.6) is 0 Å². The molecule has 1 aliphatic rings. The molecular weight excluding hydrogens is 690 g/mol. The van der Waals surface area contributed by atoms with Crippen LogP contribution in [0.2, 0.25) is 0 Å². The highest BCUT2D eigenvalue weighted by Gasteiger charge is 2.41. The van der Waals surface area contributed by atoms with Crippen molar-refractivity contribution in [2.75, 3.05) is 20.6 Å². The zero-order chi connectivity index (χ0) is 41.0. The molecule has 1 aliphatic heterocycles. The Hall–Kier alpha value is -4.65. The number of nitrogens with one attached hydrogen (secondary N) is 3. The maximum Gasteiger partial charge on any atom is 0.326 e. The van der Waals surface area contributed by atoms with Crippen molar-refractivity contribution in [3.8, 4) is 0 Å². The number of imide groups is 1. The predicted molar refractivity (Wildman–Crippen MR) is 207 cm³/mol. The third kappa shape index (κ3) is 12.7. The number of carbonyl (C=O) groups is 7. The summed E-state index contributed by atoms with van der Waals surface area (Å²) in [7, 11) is 3.33. The van der Waals surface area contributed by atoms with Crippen LogP contribution in [0.4, 0.5) is 0 Å². The number of aliphatic carboxylic acids is 1. The second kappa shape index (κ2) is 20.1. The molecule has 0 aliphatic carbocycles. The monoisotopic (exact) mass is 751 g/mol. The lowest BCUT2D eigenvalue weighted by molar-refractivity contribution is -0.141. The third-order valence-corrected chi connectivity index (χ3v) is 10.00. The molecule has 5 amide bonds. The van der Waals surface area contributed by atoms with Gasteiger partial charge in [-0.15, -0.1) is 0 Å². The summed E-state index contributed by atoms with van der Waals surface area (Å²) >= 11 is 0. The first-order chi connectivity index (χ1) is 25.1. The Morgan fingerprint density at radius 2 is 1.46 bits per heavy atom. The minimum absolute atomic E-state index is 0.0459. The Bertz CT molecular complexity index is 1560. The summed E-state index contributed by atoms with van der Waals surface area (Å²) in [4.78, 5) is 91.8. The molecular formula is C41H61N5O8. The average molecular weight is 752 g/mol. The number of nitrogens with zero attached hydrogens (tertiary/aromatic N) is 2. The molecule has 2 rings (SSSR count). The molecule has 0 radical (unpaired) electrons. The SMILES string of the molecule is CN[C@H](C(=O)N[C@H](C(=O)N(C)[C@H](/C=C(\C)C(=O)N[C@H](CCC(=O)CCCCCN1C(=O)C=CC1=O)C(=O)O)C(C)C)C(C)(C)C)C(C)(C)c1ccccc1. The van der Waals surface area contributed by atoms with Gasteiger partial charge < -0.3 is 26.0 Å². The Morgan fingerprint density at radius 3 is 1.98 bits per heavy atom. The van der Waals surface area contributed by atoms with E-state index in [0.717, 1.165) is 10.5 Å². The van der Waals surface area contributed by atoms with Crippen LogP contribution in [-0.2, 0) is 39.0 Å². The normalized spacial score (nSPS) is 15.8. The van der Waals surface area contributed by atoms with Gasteiger partial charge in [0.05, 0.1) is 12.1 Å². The van der Waals surface area contributed by atoms with E-state index in [9.17, 15) is 38.7 Å². The fourth-order valence-corrected chi connectivity index (χ4v) is 6.54. The second-order valence-corrected chi connectivity index (χ2v) is 16.1. The zero-order valence-corrected chi connectivity index (χ0v) is 33.7. The van der Waals surface area contributed by atoms with Crippen LogP contribution in [0.25, 0.3) is 0 Å². The lowest BCUT2D eigenvalue weighted by Crippen LogP contribution is -2.61. The molecule has 0 saturated carbocycles. The number of carbonyl (C=O) groups excluding carboxylic acids is 6. The lowest BCUT2D eigenvalue weighted by atomic mass is 9.76. The van der Waals surface area contributed by atoms with E-state index in [1.807, 2.05) is 78.8 Å². The van der Waals surface area contributed by atoms with Crippen LogP contribution >= 0.6 is 0 Å². The van der Waals surface area contributed by atoms with Crippen molar-refractivity contribution in [2.24, 2.45) is 11.3 Å². The predicted octanol–water partition coefficient (Wildman–Crippen LogP) is 3.92. The van der Waals surface area contributed by atoms with E-state index >= 15 is 0 Å². The maximum absolute atomic E-state index is 14.2. The van der Waals surface area contributed by atoms with Gasteiger partial charge in [-0.25, -0.2) is 4.79 Å². The highest BCUT2D eigenvalue weighted by molar-refractivity contribution is 6.12. The van der Waals surface area contributed by atoms with Gasteiger partial charge in [-0.05, 0) is 50.1 Å². The van der Waals surface area contributed by atoms with Crippen molar-refractivity contribution in [1.82, 2.24) is 25.8 Å². The Morgan fingerprint density at radius 1 is 0.870 bits per heavy atom. The van der Waals surface area contributed by atoms with Gasteiger partial charge in [0, 0.05) is 49.6 Å². The minimum atomic E-state index is -1.30. The second-order valence-electron chi connectivity index (χ2n) is 16.1. The lowest BCUT2D eigenvalue weighted by Gasteiger charge is -2.40. The zero-order valence-electron chi connectivity index (χ0n) is 33.7. The largest absolute Gasteiger partial charge is 0.480 e. The van der Waals surface area contributed by atoms with Gasteiger partial charge in [-0.3, -0.25) is 33.7 Å². The van der Waals surface area contributed by atoms with E-state index < -0.39 is 46.9 Å². The van der Waals surface area contributed by atoms with E-state index in [1.54, 1.807) is 27.1 Å². The first-order valence-corrected chi connectivity index (χ1v) is 18.7. The van der Waals surface area contributed by atoms with Gasteiger partial charge in [-0.1, -0.05) is 91.3 Å². The van der Waals surface area contributed by atoms with Crippen molar-refractivity contribution in [3.05, 3.63) is 59.7 Å². The van der Waals surface area contributed by atoms with Crippen molar-refractivity contribution >= 4 is 41.3 Å². The first kappa shape index (κ1) is 45.5. The van der Waals surface area contributed by atoms with Gasteiger partial charge in [-0.2, -0.15) is 0 Å². The Labute approximate surface area is 320 Å². The van der Waals surface area contributed by atoms with Gasteiger partial charge in [0.25, 0.3) is 11.8 Å². The van der Waals surface area contributed by atoms with E-state index in [1.165, 1.54) is 17.1 Å². The van der Waals surface area contributed by atoms with Gasteiger partial charge >= 0.3 is 5.97 Å². The highest BCUT2D eigenvalue weighted by atomic mass is 16.4. The number of amides is 5. The molecule has 0 saturated heterocycles. The fraction of sp³-hybridized carbons (Fsp3) is 0.585. The molecule has 0 fully saturated rings. The maximum atomic E-state index is 14.2. The van der Waals surface area contributed by atoms with Gasteiger partial charge in [0.2, 0.25) is 17.7 Å². The number of likely N-dealkylation sites (N-methyl/N-ethyl adjacent to an activating group) is 2. The standard InChI is InChI=1S/C41H61N5O8/c1-26(2)31(45(10)38(52)35(40(4,5)6)44-37(51)34(42-9)41(7,8)28-17-13-11-14-18-28)25-27(3)36(50)43-30(39(53)54)21-20-29(47)19-15-12-16-24-46-32(48)22-23-33(46)49/h11,13-14,17-18,22-23,25-26,30-31,34-35,42H,12,15-16,19-21,24H2,1-10H3,(H,43,50)(H,44,51)(H,53,54)/b27-25+/t30-,31-,34-,35-/m1/s1. The van der Waals surface area contributed by atoms with Gasteiger partial charge in [0.15, 0.2) is 0 Å². The summed E-state index contributed by atoms with van der Waals surface area (Å²) in [5, 5.41) is 18.5. The number of benzene rings is 1. The molecule has 298 valence electrons. The summed E-state index contributed by atoms with van der Waals surface area (Å²) in [6.45, 7) is 15.2. The van der Waals surface area contributed by atoms with Crippen LogP contribution in [-0.4, -0.2) is 101 Å². The molecule has 4 N–H and O–H groups in total. The number of Topliss-reactive ketones (excluding diaryl/α,β-unsaturated/α-hetero) is 1. The highest BCUT2D eigenvalue weighted by Crippen LogP contribution is 2.29. The minimum Gasteiger partial charge on any atom is -0.480 e. The molecule has 0 bridgehead atoms. The number of hydrogen-bond donors (Lipinski definition) is 4. The summed E-state index contributed by atoms with van der Waals surface area (Å²) in [5.74, 6) is -3.58. The molecule has 0 spiro atoms. The summed E-state index contributed by atoms with van der Waals surface area (Å²) < 4.78 is 0. The van der Waals surface area contributed by atoms with Crippen molar-refractivity contribution in [2.45, 2.75) is 123 Å². The smallest absolute Gasteiger partial charge is 0.326 e. The number of rotatable bonds is 21. The summed E-state index contributed by atoms with van der Waals surface area (Å²) in [5.41, 5.74) is -0.118. The van der Waals surface area contributed by atoms with E-state index in [-0.39, 0.29) is 66.7 Å². The van der Waals surface area contributed by atoms with E-state index in [0.29, 0.717) is 19.3 Å². The molecule has 1 aromatic carbocycles. The molecule has 13 nitrogen and oxygen atoms in total. The molecule has 4 atom stereocenters. The third-order valence-electron chi connectivity index (χ3n) is 10.00. The fourth-order valence-electron chi connectivity index (χ4n) is 6.54. The number of carboxylic acids is 1. The Kier molecular flexibility index (Phi) is 17.0. The molecule has 1 heterocycles. The van der Waals surface area contributed by atoms with Crippen LogP contribution in [0.1, 0.15) is 99.5 Å². The molecule has 0 unspecified atom stereocenters. The van der Waals surface area contributed by atoms with E-state index in [2.05, 4.69) is 16.0 Å². The molecule has 0 aromatic heterocycles. The van der Waals surface area contributed by atoms with Crippen LogP contribution in [0.3, 0.4) is 0 Å². The van der Waals surface area contributed by atoms with Crippen molar-refractivity contribution in [3.63, 3.8) is 0 Å². The average Bonchev–Trinajstić information content (AvgIpc) is 3.42. The first-order valence-electron chi connectivity index (χ1n) is 18.7. The van der Waals surface area contributed by atoms with E-state index in [4.69, 9.17) is 0 Å². The summed E-state index contributed by atoms with van der Waals surface area (Å²) in [6, 6.07) is 6.22. The van der Waals surface area contributed by atoms with Crippen LogP contribution < -0.4 is 16.0 Å². The van der Waals surface area contributed by atoms with Gasteiger partial charge in [0.1, 0.15) is 17.9 Å². The summed E-state index contributed by atoms with van der Waals surface area (Å²) in [6.07, 6.45) is 5.85. The topological polar surface area (TPSA) is 182 Å². The number of hydrogen-bond acceptors (Lipinski definition) is 8. The quantitative estimate of drug-likeness (QED) is 0.0823. The Balaban J connectivity index is 2.07. The van der Waals surface area contributed by atoms with Crippen molar-refractivity contribution < 1.29 is 38.7 Å². The molecule has 54 heavy (non-hydrogen) atoms. The van der Waals surface area contributed by atoms with Crippen LogP contribution in [0, 0.1) is 11.3 Å². The number of unbranched alkanes of at least 4 members (excludes halogenated alkanes) is 2. The van der Waals surface area contributed by atoms with Crippen LogP contribution in [0.15, 0.2) is 54.1 Å².